The molecule has 1 unspecified atom stereocenters. The first-order valence-electron chi connectivity index (χ1n) is 12.3. The van der Waals surface area contributed by atoms with Gasteiger partial charge in [0.1, 0.15) is 11.6 Å². The van der Waals surface area contributed by atoms with E-state index in [2.05, 4.69) is 30.6 Å². The van der Waals surface area contributed by atoms with Crippen LogP contribution in [0.25, 0.3) is 5.69 Å². The summed E-state index contributed by atoms with van der Waals surface area (Å²) in [5, 5.41) is 9.67. The van der Waals surface area contributed by atoms with Crippen LogP contribution in [-0.2, 0) is 13.1 Å². The first-order valence-corrected chi connectivity index (χ1v) is 12.7. The Bertz CT molecular complexity index is 1430. The first-order chi connectivity index (χ1) is 17.2. The normalized spacial score (nSPS) is 23.8. The fourth-order valence-electron chi connectivity index (χ4n) is 6.36. The number of aromatic nitrogens is 4. The van der Waals surface area contributed by atoms with Crippen molar-refractivity contribution in [3.05, 3.63) is 63.8 Å². The molecule has 7 rings (SSSR count). The predicted octanol–water partition coefficient (Wildman–Crippen LogP) is 4.71. The molecule has 36 heavy (non-hydrogen) atoms. The van der Waals surface area contributed by atoms with Crippen molar-refractivity contribution in [2.45, 2.75) is 57.2 Å². The number of pyridine rings is 1. The zero-order valence-corrected chi connectivity index (χ0v) is 20.6. The fourth-order valence-corrected chi connectivity index (χ4v) is 6.55. The minimum atomic E-state index is -2.64. The Kier molecular flexibility index (Phi) is 4.62. The Morgan fingerprint density at radius 1 is 1.08 bits per heavy atom. The molecule has 0 N–H and O–H groups in total. The van der Waals surface area contributed by atoms with E-state index < -0.39 is 12.0 Å². The molecule has 2 aliphatic heterocycles. The minimum Gasteiger partial charge on any atom is -0.355 e. The van der Waals surface area contributed by atoms with Gasteiger partial charge in [-0.25, -0.2) is 13.8 Å². The summed E-state index contributed by atoms with van der Waals surface area (Å²) in [6, 6.07) is 8.91. The Morgan fingerprint density at radius 2 is 1.86 bits per heavy atom. The van der Waals surface area contributed by atoms with Gasteiger partial charge < -0.3 is 4.90 Å². The smallest absolute Gasteiger partial charge is 0.265 e. The zero-order chi connectivity index (χ0) is 24.8. The van der Waals surface area contributed by atoms with E-state index in [1.165, 1.54) is 0 Å². The summed E-state index contributed by atoms with van der Waals surface area (Å²) >= 11 is 6.30. The van der Waals surface area contributed by atoms with Crippen molar-refractivity contribution in [3.63, 3.8) is 0 Å². The number of hydrogen-bond acceptors (Lipinski definition) is 5. The molecule has 3 aromatic rings. The molecule has 184 valence electrons. The van der Waals surface area contributed by atoms with Gasteiger partial charge in [-0.2, -0.15) is 0 Å². The summed E-state index contributed by atoms with van der Waals surface area (Å²) in [5.74, 6) is 2.93. The fraction of sp³-hybridized carbons (Fsp3) is 0.444. The molecule has 3 fully saturated rings. The Labute approximate surface area is 213 Å². The van der Waals surface area contributed by atoms with E-state index in [4.69, 9.17) is 18.0 Å². The van der Waals surface area contributed by atoms with Crippen LogP contribution in [0.4, 0.5) is 14.6 Å². The number of benzene rings is 1. The van der Waals surface area contributed by atoms with Crippen molar-refractivity contribution in [1.29, 1.82) is 0 Å². The average molecular weight is 507 g/mol. The highest BCUT2D eigenvalue weighted by Crippen LogP contribution is 2.57. The van der Waals surface area contributed by atoms with Gasteiger partial charge in [0.15, 0.2) is 5.82 Å². The van der Waals surface area contributed by atoms with Gasteiger partial charge in [-0.15, -0.1) is 16.6 Å². The molecule has 2 aromatic heterocycles. The van der Waals surface area contributed by atoms with E-state index in [1.54, 1.807) is 0 Å². The van der Waals surface area contributed by atoms with Crippen molar-refractivity contribution < 1.29 is 8.78 Å². The van der Waals surface area contributed by atoms with Crippen LogP contribution in [0.2, 0.25) is 5.02 Å². The van der Waals surface area contributed by atoms with Crippen LogP contribution in [0.3, 0.4) is 0 Å². The maximum absolute atomic E-state index is 14.0. The van der Waals surface area contributed by atoms with Crippen LogP contribution in [0.15, 0.2) is 30.3 Å². The lowest BCUT2D eigenvalue weighted by Gasteiger charge is -2.59. The Morgan fingerprint density at radius 3 is 2.56 bits per heavy atom. The Balaban J connectivity index is 1.12. The number of fused-ring (bicyclic) bond motifs is 3. The molecule has 1 atom stereocenters. The topological polar surface area (TPSA) is 50.1 Å². The van der Waals surface area contributed by atoms with Gasteiger partial charge in [-0.3, -0.25) is 9.47 Å². The predicted molar refractivity (Wildman–Crippen MR) is 132 cm³/mol. The molecular weight excluding hydrogens is 482 g/mol. The molecule has 0 bridgehead atoms. The van der Waals surface area contributed by atoms with E-state index in [9.17, 15) is 8.78 Å². The lowest BCUT2D eigenvalue weighted by Crippen LogP contribution is -2.62. The van der Waals surface area contributed by atoms with E-state index in [1.807, 2.05) is 42.2 Å². The average Bonchev–Trinajstić information content (AvgIpc) is 3.30. The van der Waals surface area contributed by atoms with E-state index >= 15 is 0 Å². The maximum Gasteiger partial charge on any atom is 0.265 e. The van der Waals surface area contributed by atoms with Gasteiger partial charge in [0.25, 0.3) is 5.92 Å². The van der Waals surface area contributed by atoms with Crippen molar-refractivity contribution >= 4 is 17.4 Å². The van der Waals surface area contributed by atoms with Crippen molar-refractivity contribution in [2.24, 2.45) is 5.41 Å². The second-order valence-corrected chi connectivity index (χ2v) is 11.3. The SMILES string of the molecule is C#Cc1ccc(N2CC3(CC(c4nnc5n4-c4ccc(Cl)cc4CN(C4CC4(F)F)C5)C3)C2)nc1C. The summed E-state index contributed by atoms with van der Waals surface area (Å²) in [7, 11) is 0. The highest BCUT2D eigenvalue weighted by atomic mass is 35.5. The molecule has 1 saturated heterocycles. The number of anilines is 1. The van der Waals surface area contributed by atoms with Crippen molar-refractivity contribution in [2.75, 3.05) is 18.0 Å². The second-order valence-electron chi connectivity index (χ2n) is 10.9. The molecule has 1 spiro atoms. The van der Waals surface area contributed by atoms with Crippen molar-refractivity contribution in [3.8, 4) is 18.0 Å². The standard InChI is InChI=1S/C27H25ClF2N6/c1-3-17-4-7-23(31-16(17)2)35-14-26(15-35)9-19(10-26)25-33-32-24-13-34(22-11-27(22,29)30)12-18-8-20(28)5-6-21(18)36(24)25/h1,4-8,19,22H,9-15H2,2H3. The summed E-state index contributed by atoms with van der Waals surface area (Å²) in [6.07, 6.45) is 7.47. The molecule has 0 radical (unpaired) electrons. The molecule has 9 heteroatoms. The van der Waals surface area contributed by atoms with Crippen LogP contribution >= 0.6 is 11.6 Å². The molecule has 4 heterocycles. The van der Waals surface area contributed by atoms with Gasteiger partial charge >= 0.3 is 0 Å². The summed E-state index contributed by atoms with van der Waals surface area (Å²) < 4.78 is 30.0. The van der Waals surface area contributed by atoms with Crippen LogP contribution in [-0.4, -0.2) is 49.7 Å². The third kappa shape index (κ3) is 3.36. The molecule has 2 saturated carbocycles. The quantitative estimate of drug-likeness (QED) is 0.481. The summed E-state index contributed by atoms with van der Waals surface area (Å²) in [5.41, 5.74) is 3.85. The van der Waals surface area contributed by atoms with E-state index in [0.29, 0.717) is 18.1 Å². The van der Waals surface area contributed by atoms with E-state index in [-0.39, 0.29) is 17.8 Å². The maximum atomic E-state index is 14.0. The van der Waals surface area contributed by atoms with Crippen LogP contribution in [0.5, 0.6) is 0 Å². The lowest BCUT2D eigenvalue weighted by atomic mass is 9.57. The summed E-state index contributed by atoms with van der Waals surface area (Å²) in [6.45, 7) is 4.64. The molecule has 0 amide bonds. The second kappa shape index (κ2) is 7.50. The minimum absolute atomic E-state index is 0.106. The monoisotopic (exact) mass is 506 g/mol. The van der Waals surface area contributed by atoms with E-state index in [0.717, 1.165) is 65.9 Å². The third-order valence-corrected chi connectivity index (χ3v) is 8.55. The first kappa shape index (κ1) is 22.2. The van der Waals surface area contributed by atoms with Crippen LogP contribution < -0.4 is 4.90 Å². The number of terminal acetylenes is 1. The molecule has 2 aliphatic carbocycles. The van der Waals surface area contributed by atoms with Gasteiger partial charge in [-0.1, -0.05) is 17.5 Å². The molecule has 4 aliphatic rings. The van der Waals surface area contributed by atoms with Gasteiger partial charge in [0.2, 0.25) is 0 Å². The summed E-state index contributed by atoms with van der Waals surface area (Å²) in [4.78, 5) is 8.81. The lowest BCUT2D eigenvalue weighted by molar-refractivity contribution is 0.0580. The highest BCUT2D eigenvalue weighted by molar-refractivity contribution is 6.30. The third-order valence-electron chi connectivity index (χ3n) is 8.32. The molecule has 1 aromatic carbocycles. The van der Waals surface area contributed by atoms with Crippen LogP contribution in [0, 0.1) is 24.7 Å². The Hall–Kier alpha value is -3.02. The molecular formula is C27H25ClF2N6. The highest BCUT2D eigenvalue weighted by Gasteiger charge is 2.60. The van der Waals surface area contributed by atoms with Crippen molar-refractivity contribution in [1.82, 2.24) is 24.6 Å². The van der Waals surface area contributed by atoms with Crippen LogP contribution in [0.1, 0.15) is 53.7 Å². The zero-order valence-electron chi connectivity index (χ0n) is 19.9. The molecule has 6 nitrogen and oxygen atoms in total. The number of halogens is 3. The van der Waals surface area contributed by atoms with Gasteiger partial charge in [-0.05, 0) is 55.7 Å². The van der Waals surface area contributed by atoms with Gasteiger partial charge in [0, 0.05) is 48.0 Å². The number of hydrogen-bond donors (Lipinski definition) is 0. The number of rotatable bonds is 3. The largest absolute Gasteiger partial charge is 0.355 e. The number of alkyl halides is 2. The van der Waals surface area contributed by atoms with Gasteiger partial charge in [0.05, 0.1) is 24.0 Å². The number of aryl methyl sites for hydroxylation is 1. The number of nitrogens with zero attached hydrogens (tertiary/aromatic N) is 6.